The van der Waals surface area contributed by atoms with E-state index in [1.165, 1.54) is 11.3 Å². The van der Waals surface area contributed by atoms with Crippen LogP contribution in [0.25, 0.3) is 0 Å². The minimum absolute atomic E-state index is 0.130. The number of carbonyl (C=O) groups excluding carboxylic acids is 1. The van der Waals surface area contributed by atoms with Gasteiger partial charge in [-0.05, 0) is 12.8 Å². The summed E-state index contributed by atoms with van der Waals surface area (Å²) in [5.41, 5.74) is 1.80. The molecule has 0 bridgehead atoms. The van der Waals surface area contributed by atoms with Gasteiger partial charge >= 0.3 is 12.0 Å². The van der Waals surface area contributed by atoms with Gasteiger partial charge in [0.05, 0.1) is 23.2 Å². The molecule has 2 heterocycles. The highest BCUT2D eigenvalue weighted by Crippen LogP contribution is 2.34. The van der Waals surface area contributed by atoms with Crippen molar-refractivity contribution in [2.75, 3.05) is 20.1 Å². The van der Waals surface area contributed by atoms with E-state index in [-0.39, 0.29) is 6.03 Å². The van der Waals surface area contributed by atoms with Crippen LogP contribution in [0.1, 0.15) is 25.5 Å². The zero-order valence-corrected chi connectivity index (χ0v) is 12.5. The van der Waals surface area contributed by atoms with Crippen molar-refractivity contribution >= 4 is 23.3 Å². The highest BCUT2D eigenvalue weighted by molar-refractivity contribution is 7.07. The third-order valence-corrected chi connectivity index (χ3v) is 4.60. The molecule has 6 nitrogen and oxygen atoms in total. The van der Waals surface area contributed by atoms with Gasteiger partial charge in [-0.3, -0.25) is 4.79 Å². The van der Waals surface area contributed by atoms with Gasteiger partial charge in [-0.1, -0.05) is 6.92 Å². The Balaban J connectivity index is 1.98. The van der Waals surface area contributed by atoms with Gasteiger partial charge < -0.3 is 14.9 Å². The first-order chi connectivity index (χ1) is 9.48. The van der Waals surface area contributed by atoms with Crippen LogP contribution in [-0.4, -0.2) is 52.0 Å². The lowest BCUT2D eigenvalue weighted by atomic mass is 9.84. The predicted octanol–water partition coefficient (Wildman–Crippen LogP) is 1.88. The van der Waals surface area contributed by atoms with Gasteiger partial charge in [0.2, 0.25) is 0 Å². The van der Waals surface area contributed by atoms with E-state index in [2.05, 4.69) is 4.98 Å². The SMILES string of the molecule is CCC1(C(=O)O)CCN(C(=O)N(C)Cc2cscn2)C1. The quantitative estimate of drug-likeness (QED) is 0.921. The van der Waals surface area contributed by atoms with Gasteiger partial charge in [0.25, 0.3) is 0 Å². The molecular formula is C13H19N3O3S. The normalized spacial score (nSPS) is 22.0. The van der Waals surface area contributed by atoms with Gasteiger partial charge in [-0.15, -0.1) is 11.3 Å². The first-order valence-corrected chi connectivity index (χ1v) is 7.53. The second kappa shape index (κ2) is 5.78. The van der Waals surface area contributed by atoms with Gasteiger partial charge in [0, 0.05) is 25.5 Å². The minimum atomic E-state index is -0.808. The maximum Gasteiger partial charge on any atom is 0.320 e. The molecule has 2 amide bonds. The molecule has 0 radical (unpaired) electrons. The molecule has 2 rings (SSSR count). The van der Waals surface area contributed by atoms with Crippen molar-refractivity contribution in [2.24, 2.45) is 5.41 Å². The molecule has 1 N–H and O–H groups in total. The number of amides is 2. The molecule has 0 spiro atoms. The fraction of sp³-hybridized carbons (Fsp3) is 0.615. The Labute approximate surface area is 122 Å². The number of urea groups is 1. The van der Waals surface area contributed by atoms with Gasteiger partial charge in [0.15, 0.2) is 0 Å². The zero-order chi connectivity index (χ0) is 14.8. The molecule has 1 fully saturated rings. The predicted molar refractivity (Wildman–Crippen MR) is 75.5 cm³/mol. The van der Waals surface area contributed by atoms with E-state index < -0.39 is 11.4 Å². The average molecular weight is 297 g/mol. The Bertz CT molecular complexity index is 491. The molecule has 1 unspecified atom stereocenters. The lowest BCUT2D eigenvalue weighted by molar-refractivity contribution is -0.148. The summed E-state index contributed by atoms with van der Waals surface area (Å²) < 4.78 is 0. The van der Waals surface area contributed by atoms with Crippen molar-refractivity contribution in [2.45, 2.75) is 26.3 Å². The van der Waals surface area contributed by atoms with E-state index in [4.69, 9.17) is 0 Å². The molecule has 1 aromatic rings. The average Bonchev–Trinajstić information content (AvgIpc) is 3.07. The molecule has 20 heavy (non-hydrogen) atoms. The number of rotatable bonds is 4. The van der Waals surface area contributed by atoms with Crippen molar-refractivity contribution in [3.63, 3.8) is 0 Å². The standard InChI is InChI=1S/C13H19N3O3S/c1-3-13(11(17)18)4-5-16(8-13)12(19)15(2)6-10-7-20-9-14-10/h7,9H,3-6,8H2,1-2H3,(H,17,18). The number of thiazole rings is 1. The lowest BCUT2D eigenvalue weighted by Gasteiger charge is -2.26. The lowest BCUT2D eigenvalue weighted by Crippen LogP contribution is -2.42. The van der Waals surface area contributed by atoms with Gasteiger partial charge in [-0.25, -0.2) is 9.78 Å². The van der Waals surface area contributed by atoms with E-state index in [1.807, 2.05) is 12.3 Å². The maximum absolute atomic E-state index is 12.3. The summed E-state index contributed by atoms with van der Waals surface area (Å²) in [6, 6.07) is -0.130. The first kappa shape index (κ1) is 14.8. The number of hydrogen-bond acceptors (Lipinski definition) is 4. The molecule has 1 aliphatic rings. The van der Waals surface area contributed by atoms with Crippen LogP contribution in [0.5, 0.6) is 0 Å². The maximum atomic E-state index is 12.3. The van der Waals surface area contributed by atoms with Crippen molar-refractivity contribution < 1.29 is 14.7 Å². The Morgan fingerprint density at radius 3 is 2.85 bits per heavy atom. The van der Waals surface area contributed by atoms with Crippen LogP contribution in [0.15, 0.2) is 10.9 Å². The third kappa shape index (κ3) is 2.77. The summed E-state index contributed by atoms with van der Waals surface area (Å²) in [4.78, 5) is 31.1. The van der Waals surface area contributed by atoms with Crippen LogP contribution in [0.3, 0.4) is 0 Å². The molecule has 1 atom stereocenters. The van der Waals surface area contributed by atoms with Crippen LogP contribution in [0, 0.1) is 5.41 Å². The number of aliphatic carboxylic acids is 1. The number of likely N-dealkylation sites (tertiary alicyclic amines) is 1. The molecule has 7 heteroatoms. The van der Waals surface area contributed by atoms with Crippen molar-refractivity contribution in [1.82, 2.24) is 14.8 Å². The van der Waals surface area contributed by atoms with E-state index >= 15 is 0 Å². The van der Waals surface area contributed by atoms with E-state index in [0.717, 1.165) is 5.69 Å². The summed E-state index contributed by atoms with van der Waals surface area (Å²) >= 11 is 1.49. The molecule has 0 aromatic carbocycles. The van der Waals surface area contributed by atoms with Crippen molar-refractivity contribution in [3.05, 3.63) is 16.6 Å². The van der Waals surface area contributed by atoms with Crippen LogP contribution < -0.4 is 0 Å². The monoisotopic (exact) mass is 297 g/mol. The van der Waals surface area contributed by atoms with E-state index in [9.17, 15) is 14.7 Å². The Kier molecular flexibility index (Phi) is 4.27. The fourth-order valence-corrected chi connectivity index (χ4v) is 3.07. The second-order valence-electron chi connectivity index (χ2n) is 5.23. The summed E-state index contributed by atoms with van der Waals surface area (Å²) in [7, 11) is 1.72. The molecule has 1 aliphatic heterocycles. The minimum Gasteiger partial charge on any atom is -0.481 e. The first-order valence-electron chi connectivity index (χ1n) is 6.59. The molecule has 0 aliphatic carbocycles. The number of carbonyl (C=O) groups is 2. The number of nitrogens with zero attached hydrogens (tertiary/aromatic N) is 3. The summed E-state index contributed by atoms with van der Waals surface area (Å²) in [6.07, 6.45) is 1.07. The highest BCUT2D eigenvalue weighted by atomic mass is 32.1. The molecule has 110 valence electrons. The number of hydrogen-bond donors (Lipinski definition) is 1. The molecule has 1 saturated heterocycles. The number of carboxylic acid groups (broad SMARTS) is 1. The van der Waals surface area contributed by atoms with Crippen LogP contribution >= 0.6 is 11.3 Å². The number of carboxylic acids is 1. The van der Waals surface area contributed by atoms with E-state index in [0.29, 0.717) is 32.5 Å². The van der Waals surface area contributed by atoms with Crippen LogP contribution in [0.4, 0.5) is 4.79 Å². The highest BCUT2D eigenvalue weighted by Gasteiger charge is 2.45. The Morgan fingerprint density at radius 2 is 2.35 bits per heavy atom. The zero-order valence-electron chi connectivity index (χ0n) is 11.7. The van der Waals surface area contributed by atoms with Crippen molar-refractivity contribution in [1.29, 1.82) is 0 Å². The summed E-state index contributed by atoms with van der Waals surface area (Å²) in [5, 5.41) is 11.3. The van der Waals surface area contributed by atoms with Gasteiger partial charge in [-0.2, -0.15) is 0 Å². The smallest absolute Gasteiger partial charge is 0.320 e. The third-order valence-electron chi connectivity index (χ3n) is 3.96. The Hall–Kier alpha value is -1.63. The summed E-state index contributed by atoms with van der Waals surface area (Å²) in [6.45, 7) is 3.10. The van der Waals surface area contributed by atoms with Crippen LogP contribution in [-0.2, 0) is 11.3 Å². The molecule has 1 aromatic heterocycles. The fourth-order valence-electron chi connectivity index (χ4n) is 2.52. The van der Waals surface area contributed by atoms with Gasteiger partial charge in [0.1, 0.15) is 0 Å². The topological polar surface area (TPSA) is 73.7 Å². The van der Waals surface area contributed by atoms with Crippen LogP contribution in [0.2, 0.25) is 0 Å². The summed E-state index contributed by atoms with van der Waals surface area (Å²) in [5.74, 6) is -0.808. The Morgan fingerprint density at radius 1 is 1.60 bits per heavy atom. The molecule has 0 saturated carbocycles. The number of aromatic nitrogens is 1. The largest absolute Gasteiger partial charge is 0.481 e. The second-order valence-corrected chi connectivity index (χ2v) is 5.95. The van der Waals surface area contributed by atoms with E-state index in [1.54, 1.807) is 22.4 Å². The van der Waals surface area contributed by atoms with Crippen molar-refractivity contribution in [3.8, 4) is 0 Å². The molecular weight excluding hydrogens is 278 g/mol.